The van der Waals surface area contributed by atoms with Gasteiger partial charge in [0, 0.05) is 17.2 Å². The standard InChI is InChI=1S/C26H22N2O5/c1-30-17-9-7-16(8-10-17)13-24(29)32-18-11-12-20-23(14-18)33-26(28)21(15-27)25(20)19-5-3-4-6-22(19)31-2/h3-12,14,25H,13,28H2,1-2H3. The van der Waals surface area contributed by atoms with Gasteiger partial charge >= 0.3 is 5.97 Å². The number of carbonyl (C=O) groups is 1. The fourth-order valence-corrected chi connectivity index (χ4v) is 3.80. The van der Waals surface area contributed by atoms with Crippen molar-refractivity contribution in [3.05, 3.63) is 94.9 Å². The number of hydrogen-bond acceptors (Lipinski definition) is 7. The Hall–Kier alpha value is -4.44. The molecule has 1 aliphatic heterocycles. The summed E-state index contributed by atoms with van der Waals surface area (Å²) in [6, 6.07) is 21.8. The SMILES string of the molecule is COc1ccc(CC(=O)Oc2ccc3c(c2)OC(N)=C(C#N)C3c2ccccc2OC)cc1. The molecule has 3 aromatic rings. The van der Waals surface area contributed by atoms with Crippen LogP contribution in [-0.2, 0) is 11.2 Å². The Balaban J connectivity index is 1.61. The van der Waals surface area contributed by atoms with E-state index in [1.54, 1.807) is 44.6 Å². The Bertz CT molecular complexity index is 1260. The number of para-hydroxylation sites is 1. The fraction of sp³-hybridized carbons (Fsp3) is 0.154. The third-order valence-electron chi connectivity index (χ3n) is 5.38. The van der Waals surface area contributed by atoms with Gasteiger partial charge in [-0.3, -0.25) is 4.79 Å². The number of methoxy groups -OCH3 is 2. The van der Waals surface area contributed by atoms with Gasteiger partial charge in [0.25, 0.3) is 0 Å². The summed E-state index contributed by atoms with van der Waals surface area (Å²) in [5.41, 5.74) is 8.68. The van der Waals surface area contributed by atoms with Gasteiger partial charge in [0.05, 0.1) is 26.6 Å². The van der Waals surface area contributed by atoms with Crippen molar-refractivity contribution in [3.63, 3.8) is 0 Å². The van der Waals surface area contributed by atoms with E-state index in [1.807, 2.05) is 36.4 Å². The van der Waals surface area contributed by atoms with Gasteiger partial charge in [0.2, 0.25) is 5.88 Å². The van der Waals surface area contributed by atoms with E-state index in [-0.39, 0.29) is 17.9 Å². The molecule has 1 atom stereocenters. The van der Waals surface area contributed by atoms with Crippen LogP contribution in [0.5, 0.6) is 23.0 Å². The second-order valence-electron chi connectivity index (χ2n) is 7.37. The monoisotopic (exact) mass is 442 g/mol. The van der Waals surface area contributed by atoms with E-state index in [4.69, 9.17) is 24.7 Å². The predicted molar refractivity (Wildman–Crippen MR) is 121 cm³/mol. The molecular weight excluding hydrogens is 420 g/mol. The van der Waals surface area contributed by atoms with Crippen molar-refractivity contribution in [2.75, 3.05) is 14.2 Å². The highest BCUT2D eigenvalue weighted by atomic mass is 16.5. The summed E-state index contributed by atoms with van der Waals surface area (Å²) in [4.78, 5) is 12.4. The molecule has 166 valence electrons. The minimum absolute atomic E-state index is 0.00242. The van der Waals surface area contributed by atoms with Crippen LogP contribution in [0.4, 0.5) is 0 Å². The molecule has 7 heteroatoms. The molecule has 0 spiro atoms. The summed E-state index contributed by atoms with van der Waals surface area (Å²) in [5.74, 6) is 1.19. The number of allylic oxidation sites excluding steroid dienone is 1. The molecule has 0 fully saturated rings. The molecule has 0 amide bonds. The van der Waals surface area contributed by atoms with Crippen LogP contribution in [0.15, 0.2) is 78.2 Å². The summed E-state index contributed by atoms with van der Waals surface area (Å²) in [6.07, 6.45) is 0.104. The summed E-state index contributed by atoms with van der Waals surface area (Å²) in [7, 11) is 3.16. The Morgan fingerprint density at radius 1 is 1.00 bits per heavy atom. The van der Waals surface area contributed by atoms with Gasteiger partial charge in [-0.2, -0.15) is 5.26 Å². The lowest BCUT2D eigenvalue weighted by Crippen LogP contribution is -2.21. The zero-order valence-electron chi connectivity index (χ0n) is 18.2. The van der Waals surface area contributed by atoms with Gasteiger partial charge in [-0.25, -0.2) is 0 Å². The van der Waals surface area contributed by atoms with Crippen LogP contribution in [0.3, 0.4) is 0 Å². The number of nitriles is 1. The van der Waals surface area contributed by atoms with Crippen LogP contribution in [-0.4, -0.2) is 20.2 Å². The number of nitrogens with zero attached hydrogens (tertiary/aromatic N) is 1. The molecule has 1 heterocycles. The van der Waals surface area contributed by atoms with E-state index in [0.29, 0.717) is 23.0 Å². The molecule has 0 aliphatic carbocycles. The number of carbonyl (C=O) groups excluding carboxylic acids is 1. The van der Waals surface area contributed by atoms with Gasteiger partial charge in [-0.15, -0.1) is 0 Å². The number of benzene rings is 3. The van der Waals surface area contributed by atoms with Gasteiger partial charge in [0.15, 0.2) is 0 Å². The zero-order chi connectivity index (χ0) is 23.4. The van der Waals surface area contributed by atoms with Crippen molar-refractivity contribution < 1.29 is 23.7 Å². The van der Waals surface area contributed by atoms with Crippen LogP contribution >= 0.6 is 0 Å². The van der Waals surface area contributed by atoms with Crippen LogP contribution in [0.2, 0.25) is 0 Å². The first kappa shape index (κ1) is 21.8. The first-order chi connectivity index (χ1) is 16.0. The molecule has 4 rings (SSSR count). The minimum Gasteiger partial charge on any atom is -0.497 e. The number of esters is 1. The number of fused-ring (bicyclic) bond motifs is 1. The smallest absolute Gasteiger partial charge is 0.315 e. The second kappa shape index (κ2) is 9.37. The molecule has 0 bridgehead atoms. The highest BCUT2D eigenvalue weighted by Gasteiger charge is 2.32. The zero-order valence-corrected chi connectivity index (χ0v) is 18.2. The third kappa shape index (κ3) is 4.46. The van der Waals surface area contributed by atoms with E-state index in [9.17, 15) is 10.1 Å². The Morgan fingerprint density at radius 3 is 2.42 bits per heavy atom. The van der Waals surface area contributed by atoms with Crippen molar-refractivity contribution in [1.29, 1.82) is 5.26 Å². The summed E-state index contributed by atoms with van der Waals surface area (Å²) >= 11 is 0. The lowest BCUT2D eigenvalue weighted by molar-refractivity contribution is -0.133. The number of hydrogen-bond donors (Lipinski definition) is 1. The molecule has 0 radical (unpaired) electrons. The van der Waals surface area contributed by atoms with Crippen LogP contribution in [0.1, 0.15) is 22.6 Å². The number of ether oxygens (including phenoxy) is 4. The van der Waals surface area contributed by atoms with Gasteiger partial charge in [-0.1, -0.05) is 36.4 Å². The summed E-state index contributed by atoms with van der Waals surface area (Å²) < 4.78 is 21.9. The largest absolute Gasteiger partial charge is 0.497 e. The molecule has 1 aliphatic rings. The second-order valence-corrected chi connectivity index (χ2v) is 7.37. The van der Waals surface area contributed by atoms with E-state index >= 15 is 0 Å². The molecule has 1 unspecified atom stereocenters. The van der Waals surface area contributed by atoms with Gasteiger partial charge < -0.3 is 24.7 Å². The topological polar surface area (TPSA) is 104 Å². The highest BCUT2D eigenvalue weighted by molar-refractivity contribution is 5.75. The Morgan fingerprint density at radius 2 is 1.73 bits per heavy atom. The Labute approximate surface area is 191 Å². The van der Waals surface area contributed by atoms with Gasteiger partial charge in [0.1, 0.15) is 34.6 Å². The van der Waals surface area contributed by atoms with Crippen LogP contribution < -0.4 is 24.7 Å². The van der Waals surface area contributed by atoms with E-state index in [1.165, 1.54) is 0 Å². The van der Waals surface area contributed by atoms with E-state index < -0.39 is 11.9 Å². The van der Waals surface area contributed by atoms with Gasteiger partial charge in [-0.05, 0) is 29.8 Å². The number of nitrogens with two attached hydrogens (primary N) is 1. The van der Waals surface area contributed by atoms with E-state index in [0.717, 1.165) is 16.7 Å². The molecule has 0 saturated carbocycles. The lowest BCUT2D eigenvalue weighted by atomic mass is 9.83. The first-order valence-corrected chi connectivity index (χ1v) is 10.2. The average Bonchev–Trinajstić information content (AvgIpc) is 2.83. The maximum Gasteiger partial charge on any atom is 0.315 e. The normalized spacial score (nSPS) is 14.5. The first-order valence-electron chi connectivity index (χ1n) is 10.2. The van der Waals surface area contributed by atoms with Crippen LogP contribution in [0, 0.1) is 11.3 Å². The average molecular weight is 442 g/mol. The van der Waals surface area contributed by atoms with Crippen molar-refractivity contribution in [1.82, 2.24) is 0 Å². The van der Waals surface area contributed by atoms with Crippen molar-refractivity contribution in [3.8, 4) is 29.1 Å². The molecule has 33 heavy (non-hydrogen) atoms. The molecule has 0 aromatic heterocycles. The van der Waals surface area contributed by atoms with E-state index in [2.05, 4.69) is 6.07 Å². The highest BCUT2D eigenvalue weighted by Crippen LogP contribution is 2.45. The van der Waals surface area contributed by atoms with Crippen molar-refractivity contribution >= 4 is 5.97 Å². The molecular formula is C26H22N2O5. The molecule has 2 N–H and O–H groups in total. The minimum atomic E-state index is -0.473. The predicted octanol–water partition coefficient (Wildman–Crippen LogP) is 4.07. The summed E-state index contributed by atoms with van der Waals surface area (Å²) in [5, 5.41) is 9.74. The molecule has 7 nitrogen and oxygen atoms in total. The fourth-order valence-electron chi connectivity index (χ4n) is 3.80. The third-order valence-corrected chi connectivity index (χ3v) is 5.38. The maximum atomic E-state index is 12.4. The van der Waals surface area contributed by atoms with Crippen molar-refractivity contribution in [2.45, 2.75) is 12.3 Å². The van der Waals surface area contributed by atoms with Crippen molar-refractivity contribution in [2.24, 2.45) is 5.73 Å². The number of rotatable bonds is 6. The maximum absolute atomic E-state index is 12.4. The Kier molecular flexibility index (Phi) is 6.18. The lowest BCUT2D eigenvalue weighted by Gasteiger charge is -2.27. The summed E-state index contributed by atoms with van der Waals surface area (Å²) in [6.45, 7) is 0. The molecule has 0 saturated heterocycles. The quantitative estimate of drug-likeness (QED) is 0.453. The molecule has 3 aromatic carbocycles. The van der Waals surface area contributed by atoms with Crippen LogP contribution in [0.25, 0.3) is 0 Å².